The molecule has 1 aromatic rings. The van der Waals surface area contributed by atoms with E-state index in [-0.39, 0.29) is 30.4 Å². The molecule has 0 saturated carbocycles. The first kappa shape index (κ1) is 21.7. The fourth-order valence-electron chi connectivity index (χ4n) is 4.97. The third-order valence-corrected chi connectivity index (χ3v) is 7.14. The minimum absolute atomic E-state index is 0.0203. The van der Waals surface area contributed by atoms with Crippen molar-refractivity contribution in [1.82, 2.24) is 9.80 Å². The fourth-order valence-corrected chi connectivity index (χ4v) is 4.97. The predicted octanol–water partition coefficient (Wildman–Crippen LogP) is 3.06. The summed E-state index contributed by atoms with van der Waals surface area (Å²) >= 11 is 0. The molecular weight excluding hydrogens is 396 g/mol. The van der Waals surface area contributed by atoms with Gasteiger partial charge in [0.15, 0.2) is 5.78 Å². The fraction of sp³-hybridized carbons (Fsp3) is 0.625. The molecule has 0 radical (unpaired) electrons. The van der Waals surface area contributed by atoms with Crippen LogP contribution in [0.2, 0.25) is 0 Å². The second-order valence-corrected chi connectivity index (χ2v) is 9.27. The molecule has 0 aromatic heterocycles. The van der Waals surface area contributed by atoms with Crippen molar-refractivity contribution in [1.29, 1.82) is 0 Å². The Morgan fingerprint density at radius 1 is 1.19 bits per heavy atom. The van der Waals surface area contributed by atoms with E-state index in [9.17, 15) is 14.4 Å². The minimum Gasteiger partial charge on any atom is -0.497 e. The number of piperidine rings is 1. The van der Waals surface area contributed by atoms with Crippen molar-refractivity contribution in [3.05, 3.63) is 23.8 Å². The SMILES string of the molecule is COc1ccc2c(c1)OC1(CCC(=O)N(C(C)C(=O)N3CCC(C)CC3)CC1)CC2=O. The number of hydrogen-bond acceptors (Lipinski definition) is 5. The number of hydrogen-bond donors (Lipinski definition) is 0. The van der Waals surface area contributed by atoms with Gasteiger partial charge in [-0.1, -0.05) is 6.92 Å². The molecule has 4 rings (SSSR count). The zero-order chi connectivity index (χ0) is 22.2. The summed E-state index contributed by atoms with van der Waals surface area (Å²) < 4.78 is 11.6. The first-order chi connectivity index (χ1) is 14.8. The van der Waals surface area contributed by atoms with Crippen LogP contribution in [0.4, 0.5) is 0 Å². The van der Waals surface area contributed by atoms with Gasteiger partial charge in [0.25, 0.3) is 0 Å². The number of Topliss-reactive ketones (excluding diaryl/α,β-unsaturated/α-hetero) is 1. The van der Waals surface area contributed by atoms with Crippen molar-refractivity contribution in [2.24, 2.45) is 5.92 Å². The minimum atomic E-state index is -0.718. The Morgan fingerprint density at radius 2 is 1.94 bits per heavy atom. The Kier molecular flexibility index (Phi) is 5.95. The van der Waals surface area contributed by atoms with Gasteiger partial charge in [-0.15, -0.1) is 0 Å². The van der Waals surface area contributed by atoms with Gasteiger partial charge in [-0.05, 0) is 44.2 Å². The molecule has 3 heterocycles. The van der Waals surface area contributed by atoms with Crippen LogP contribution >= 0.6 is 0 Å². The van der Waals surface area contributed by atoms with E-state index in [1.807, 2.05) is 11.8 Å². The molecule has 0 bridgehead atoms. The maximum atomic E-state index is 13.0. The lowest BCUT2D eigenvalue weighted by atomic mass is 9.84. The van der Waals surface area contributed by atoms with E-state index < -0.39 is 11.6 Å². The molecule has 1 aromatic carbocycles. The molecule has 2 amide bonds. The van der Waals surface area contributed by atoms with Crippen molar-refractivity contribution in [3.63, 3.8) is 0 Å². The van der Waals surface area contributed by atoms with Crippen LogP contribution in [0.5, 0.6) is 11.5 Å². The Balaban J connectivity index is 1.48. The molecule has 7 heteroatoms. The number of likely N-dealkylation sites (tertiary alicyclic amines) is 2. The average molecular weight is 429 g/mol. The van der Waals surface area contributed by atoms with E-state index in [1.54, 1.807) is 30.2 Å². The maximum Gasteiger partial charge on any atom is 0.245 e. The van der Waals surface area contributed by atoms with E-state index >= 15 is 0 Å². The van der Waals surface area contributed by atoms with Gasteiger partial charge >= 0.3 is 0 Å². The van der Waals surface area contributed by atoms with Crippen LogP contribution in [0.1, 0.15) is 62.7 Å². The maximum absolute atomic E-state index is 13.0. The van der Waals surface area contributed by atoms with Gasteiger partial charge in [0.1, 0.15) is 23.1 Å². The summed E-state index contributed by atoms with van der Waals surface area (Å²) in [7, 11) is 1.58. The monoisotopic (exact) mass is 428 g/mol. The summed E-state index contributed by atoms with van der Waals surface area (Å²) in [4.78, 5) is 42.4. The third-order valence-electron chi connectivity index (χ3n) is 7.14. The summed E-state index contributed by atoms with van der Waals surface area (Å²) in [5.41, 5.74) is -0.161. The normalized spacial score (nSPS) is 25.6. The van der Waals surface area contributed by atoms with Crippen molar-refractivity contribution in [3.8, 4) is 11.5 Å². The van der Waals surface area contributed by atoms with Crippen LogP contribution in [-0.4, -0.2) is 65.8 Å². The van der Waals surface area contributed by atoms with Crippen LogP contribution in [0, 0.1) is 5.92 Å². The van der Waals surface area contributed by atoms with Crippen LogP contribution in [0.3, 0.4) is 0 Å². The number of rotatable bonds is 3. The quantitative estimate of drug-likeness (QED) is 0.740. The molecule has 2 saturated heterocycles. The van der Waals surface area contributed by atoms with Gasteiger partial charge in [0, 0.05) is 38.5 Å². The summed E-state index contributed by atoms with van der Waals surface area (Å²) in [5.74, 6) is 1.79. The lowest BCUT2D eigenvalue weighted by Gasteiger charge is -2.38. The van der Waals surface area contributed by atoms with E-state index in [0.29, 0.717) is 42.4 Å². The molecule has 2 atom stereocenters. The highest BCUT2D eigenvalue weighted by atomic mass is 16.5. The predicted molar refractivity (Wildman–Crippen MR) is 115 cm³/mol. The highest BCUT2D eigenvalue weighted by Gasteiger charge is 2.44. The summed E-state index contributed by atoms with van der Waals surface area (Å²) in [6.45, 7) is 5.95. The molecule has 3 aliphatic rings. The number of benzene rings is 1. The zero-order valence-corrected chi connectivity index (χ0v) is 18.7. The van der Waals surface area contributed by atoms with E-state index in [1.165, 1.54) is 0 Å². The van der Waals surface area contributed by atoms with E-state index in [0.717, 1.165) is 25.9 Å². The van der Waals surface area contributed by atoms with Gasteiger partial charge < -0.3 is 19.3 Å². The number of nitrogens with zero attached hydrogens (tertiary/aromatic N) is 2. The summed E-state index contributed by atoms with van der Waals surface area (Å²) in [6.07, 6.45) is 3.52. The smallest absolute Gasteiger partial charge is 0.245 e. The molecule has 31 heavy (non-hydrogen) atoms. The lowest BCUT2D eigenvalue weighted by Crippen LogP contribution is -2.51. The summed E-state index contributed by atoms with van der Waals surface area (Å²) in [5, 5.41) is 0. The summed E-state index contributed by atoms with van der Waals surface area (Å²) in [6, 6.07) is 4.73. The first-order valence-corrected chi connectivity index (χ1v) is 11.3. The van der Waals surface area contributed by atoms with Crippen LogP contribution < -0.4 is 9.47 Å². The van der Waals surface area contributed by atoms with Gasteiger partial charge in [-0.3, -0.25) is 14.4 Å². The zero-order valence-electron chi connectivity index (χ0n) is 18.7. The van der Waals surface area contributed by atoms with Crippen LogP contribution in [-0.2, 0) is 9.59 Å². The van der Waals surface area contributed by atoms with Crippen molar-refractivity contribution >= 4 is 17.6 Å². The second kappa shape index (κ2) is 8.52. The largest absolute Gasteiger partial charge is 0.497 e. The Bertz CT molecular complexity index is 877. The van der Waals surface area contributed by atoms with Gasteiger partial charge in [-0.2, -0.15) is 0 Å². The van der Waals surface area contributed by atoms with Crippen LogP contribution in [0.15, 0.2) is 18.2 Å². The van der Waals surface area contributed by atoms with E-state index in [2.05, 4.69) is 6.92 Å². The van der Waals surface area contributed by atoms with Crippen LogP contribution in [0.25, 0.3) is 0 Å². The number of methoxy groups -OCH3 is 1. The molecule has 2 unspecified atom stereocenters. The first-order valence-electron chi connectivity index (χ1n) is 11.3. The topological polar surface area (TPSA) is 76.2 Å². The Labute approximate surface area is 183 Å². The highest BCUT2D eigenvalue weighted by Crippen LogP contribution is 2.41. The Hall–Kier alpha value is -2.57. The number of fused-ring (bicyclic) bond motifs is 1. The molecule has 0 aliphatic carbocycles. The lowest BCUT2D eigenvalue weighted by molar-refractivity contribution is -0.145. The van der Waals surface area contributed by atoms with Gasteiger partial charge in [0.2, 0.25) is 11.8 Å². The molecular formula is C24H32N2O5. The van der Waals surface area contributed by atoms with Crippen molar-refractivity contribution in [2.75, 3.05) is 26.7 Å². The molecule has 2 fully saturated rings. The van der Waals surface area contributed by atoms with Gasteiger partial charge in [0.05, 0.1) is 19.1 Å². The van der Waals surface area contributed by atoms with Gasteiger partial charge in [-0.25, -0.2) is 0 Å². The van der Waals surface area contributed by atoms with Crippen molar-refractivity contribution < 1.29 is 23.9 Å². The third kappa shape index (κ3) is 4.27. The van der Waals surface area contributed by atoms with Crippen molar-refractivity contribution in [2.45, 2.75) is 64.0 Å². The standard InChI is InChI=1S/C24H32N2O5/c1-16-7-11-25(12-8-16)23(29)17(2)26-13-10-24(9-6-22(26)28)15-20(27)19-5-4-18(30-3)14-21(19)31-24/h4-5,14,16-17H,6-13,15H2,1-3H3. The Morgan fingerprint density at radius 3 is 2.65 bits per heavy atom. The number of ketones is 1. The molecule has 0 N–H and O–H groups in total. The number of ether oxygens (including phenoxy) is 2. The molecule has 3 aliphatic heterocycles. The highest BCUT2D eigenvalue weighted by molar-refractivity contribution is 6.00. The number of carbonyl (C=O) groups excluding carboxylic acids is 3. The number of amides is 2. The molecule has 7 nitrogen and oxygen atoms in total. The molecule has 168 valence electrons. The average Bonchev–Trinajstić information content (AvgIpc) is 2.92. The number of carbonyl (C=O) groups is 3. The second-order valence-electron chi connectivity index (χ2n) is 9.27. The molecule has 1 spiro atoms. The van der Waals surface area contributed by atoms with E-state index in [4.69, 9.17) is 9.47 Å².